The highest BCUT2D eigenvalue weighted by Gasteiger charge is 2.18. The predicted octanol–water partition coefficient (Wildman–Crippen LogP) is 2.66. The van der Waals surface area contributed by atoms with Crippen LogP contribution in [0.15, 0.2) is 12.1 Å². The molecule has 1 N–H and O–H groups in total. The molecule has 0 aliphatic carbocycles. The summed E-state index contributed by atoms with van der Waals surface area (Å²) in [6.45, 7) is 3.34. The normalized spacial score (nSPS) is 15.7. The minimum absolute atomic E-state index is 0.267. The Kier molecular flexibility index (Phi) is 4.13. The van der Waals surface area contributed by atoms with Gasteiger partial charge in [0.05, 0.1) is 0 Å². The number of aryl methyl sites for hydroxylation is 1. The van der Waals surface area contributed by atoms with Crippen LogP contribution in [0.2, 0.25) is 0 Å². The van der Waals surface area contributed by atoms with Gasteiger partial charge < -0.3 is 14.8 Å². The maximum absolute atomic E-state index is 5.82. The molecule has 3 nitrogen and oxygen atoms in total. The van der Waals surface area contributed by atoms with Gasteiger partial charge in [0.1, 0.15) is 13.2 Å². The van der Waals surface area contributed by atoms with Crippen molar-refractivity contribution >= 4 is 11.6 Å². The Bertz CT molecular complexity index is 395. The fraction of sp³-hybridized carbons (Fsp3) is 0.538. The van der Waals surface area contributed by atoms with Crippen molar-refractivity contribution in [2.24, 2.45) is 0 Å². The molecule has 2 rings (SSSR count). The van der Waals surface area contributed by atoms with E-state index in [0.29, 0.717) is 19.1 Å². The molecule has 0 bridgehead atoms. The van der Waals surface area contributed by atoms with Gasteiger partial charge >= 0.3 is 0 Å². The van der Waals surface area contributed by atoms with Crippen molar-refractivity contribution in [3.8, 4) is 11.5 Å². The van der Waals surface area contributed by atoms with Crippen molar-refractivity contribution in [2.45, 2.75) is 19.4 Å². The van der Waals surface area contributed by atoms with Crippen molar-refractivity contribution in [1.29, 1.82) is 0 Å². The van der Waals surface area contributed by atoms with E-state index < -0.39 is 0 Å². The SMILES string of the molecule is CNC(CCCl)c1cc2c(cc1C)OCCO2. The van der Waals surface area contributed by atoms with E-state index in [4.69, 9.17) is 21.1 Å². The van der Waals surface area contributed by atoms with E-state index in [0.717, 1.165) is 17.9 Å². The zero-order valence-electron chi connectivity index (χ0n) is 10.3. The molecule has 1 aliphatic heterocycles. The summed E-state index contributed by atoms with van der Waals surface area (Å²) in [7, 11) is 1.95. The Morgan fingerprint density at radius 1 is 1.29 bits per heavy atom. The quantitative estimate of drug-likeness (QED) is 0.839. The second-order valence-electron chi connectivity index (χ2n) is 4.17. The zero-order valence-corrected chi connectivity index (χ0v) is 11.0. The lowest BCUT2D eigenvalue weighted by molar-refractivity contribution is 0.171. The third-order valence-corrected chi connectivity index (χ3v) is 3.27. The fourth-order valence-corrected chi connectivity index (χ4v) is 2.36. The van der Waals surface area contributed by atoms with Crippen LogP contribution in [-0.4, -0.2) is 26.1 Å². The average Bonchev–Trinajstić information content (AvgIpc) is 2.35. The number of hydrogen-bond donors (Lipinski definition) is 1. The molecule has 4 heteroatoms. The molecular formula is C13H18ClNO2. The number of nitrogens with one attached hydrogen (secondary N) is 1. The van der Waals surface area contributed by atoms with Gasteiger partial charge in [0.15, 0.2) is 11.5 Å². The molecule has 1 heterocycles. The van der Waals surface area contributed by atoms with Crippen LogP contribution < -0.4 is 14.8 Å². The van der Waals surface area contributed by atoms with E-state index in [1.54, 1.807) is 0 Å². The largest absolute Gasteiger partial charge is 0.486 e. The second-order valence-corrected chi connectivity index (χ2v) is 4.55. The van der Waals surface area contributed by atoms with Gasteiger partial charge in [-0.25, -0.2) is 0 Å². The minimum atomic E-state index is 0.267. The van der Waals surface area contributed by atoms with Crippen LogP contribution in [0, 0.1) is 6.92 Å². The summed E-state index contributed by atoms with van der Waals surface area (Å²) in [6.07, 6.45) is 0.901. The molecule has 17 heavy (non-hydrogen) atoms. The summed E-state index contributed by atoms with van der Waals surface area (Å²) >= 11 is 5.82. The standard InChI is InChI=1S/C13H18ClNO2/c1-9-7-12-13(17-6-5-16-12)8-10(9)11(15-2)3-4-14/h7-8,11,15H,3-6H2,1-2H3. The first kappa shape index (κ1) is 12.5. The van der Waals surface area contributed by atoms with Gasteiger partial charge in [-0.05, 0) is 43.7 Å². The third kappa shape index (κ3) is 2.67. The van der Waals surface area contributed by atoms with Crippen molar-refractivity contribution in [3.05, 3.63) is 23.3 Å². The maximum atomic E-state index is 5.82. The molecule has 1 aliphatic rings. The van der Waals surface area contributed by atoms with Gasteiger partial charge in [-0.1, -0.05) is 0 Å². The Balaban J connectivity index is 2.33. The second kappa shape index (κ2) is 5.61. The molecule has 1 aromatic rings. The molecule has 0 aromatic heterocycles. The number of alkyl halides is 1. The number of ether oxygens (including phenoxy) is 2. The zero-order chi connectivity index (χ0) is 12.3. The molecule has 0 saturated heterocycles. The molecule has 0 amide bonds. The number of fused-ring (bicyclic) bond motifs is 1. The summed E-state index contributed by atoms with van der Waals surface area (Å²) in [4.78, 5) is 0. The van der Waals surface area contributed by atoms with E-state index in [1.165, 1.54) is 11.1 Å². The number of halogens is 1. The Morgan fingerprint density at radius 2 is 1.94 bits per heavy atom. The van der Waals surface area contributed by atoms with Gasteiger partial charge in [0, 0.05) is 11.9 Å². The van der Waals surface area contributed by atoms with E-state index in [2.05, 4.69) is 18.3 Å². The Labute approximate surface area is 107 Å². The molecule has 0 saturated carbocycles. The highest BCUT2D eigenvalue weighted by atomic mass is 35.5. The topological polar surface area (TPSA) is 30.5 Å². The Morgan fingerprint density at radius 3 is 2.53 bits per heavy atom. The summed E-state index contributed by atoms with van der Waals surface area (Å²) < 4.78 is 11.2. The van der Waals surface area contributed by atoms with E-state index >= 15 is 0 Å². The van der Waals surface area contributed by atoms with Gasteiger partial charge in [0.25, 0.3) is 0 Å². The lowest BCUT2D eigenvalue weighted by atomic mass is 9.98. The van der Waals surface area contributed by atoms with Crippen LogP contribution in [0.1, 0.15) is 23.6 Å². The lowest BCUT2D eigenvalue weighted by Gasteiger charge is -2.23. The molecular weight excluding hydrogens is 238 g/mol. The van der Waals surface area contributed by atoms with Crippen LogP contribution in [0.5, 0.6) is 11.5 Å². The molecule has 94 valence electrons. The fourth-order valence-electron chi connectivity index (χ4n) is 2.15. The van der Waals surface area contributed by atoms with Crippen molar-refractivity contribution in [2.75, 3.05) is 26.1 Å². The van der Waals surface area contributed by atoms with Gasteiger partial charge in [-0.2, -0.15) is 0 Å². The first-order valence-electron chi connectivity index (χ1n) is 5.89. The van der Waals surface area contributed by atoms with Crippen LogP contribution in [-0.2, 0) is 0 Å². The smallest absolute Gasteiger partial charge is 0.161 e. The van der Waals surface area contributed by atoms with Crippen LogP contribution in [0.3, 0.4) is 0 Å². The predicted molar refractivity (Wildman–Crippen MR) is 69.3 cm³/mol. The molecule has 1 unspecified atom stereocenters. The van der Waals surface area contributed by atoms with Gasteiger partial charge in [-0.3, -0.25) is 0 Å². The highest BCUT2D eigenvalue weighted by molar-refractivity contribution is 6.17. The molecule has 1 aromatic carbocycles. The van der Waals surface area contributed by atoms with Crippen LogP contribution in [0.25, 0.3) is 0 Å². The van der Waals surface area contributed by atoms with E-state index in [9.17, 15) is 0 Å². The molecule has 0 radical (unpaired) electrons. The Hall–Kier alpha value is -0.930. The lowest BCUT2D eigenvalue weighted by Crippen LogP contribution is -2.20. The maximum Gasteiger partial charge on any atom is 0.161 e. The first-order valence-corrected chi connectivity index (χ1v) is 6.43. The number of benzene rings is 1. The van der Waals surface area contributed by atoms with E-state index in [1.807, 2.05) is 13.1 Å². The summed E-state index contributed by atoms with van der Waals surface area (Å²) in [5.41, 5.74) is 2.44. The summed E-state index contributed by atoms with van der Waals surface area (Å²) in [5, 5.41) is 3.29. The first-order chi connectivity index (χ1) is 8.26. The van der Waals surface area contributed by atoms with Crippen molar-refractivity contribution < 1.29 is 9.47 Å². The van der Waals surface area contributed by atoms with Gasteiger partial charge in [0.2, 0.25) is 0 Å². The van der Waals surface area contributed by atoms with Crippen molar-refractivity contribution in [3.63, 3.8) is 0 Å². The van der Waals surface area contributed by atoms with E-state index in [-0.39, 0.29) is 6.04 Å². The summed E-state index contributed by atoms with van der Waals surface area (Å²) in [5.74, 6) is 2.32. The molecule has 1 atom stereocenters. The third-order valence-electron chi connectivity index (χ3n) is 3.05. The van der Waals surface area contributed by atoms with Crippen molar-refractivity contribution in [1.82, 2.24) is 5.32 Å². The monoisotopic (exact) mass is 255 g/mol. The highest BCUT2D eigenvalue weighted by Crippen LogP contribution is 2.35. The summed E-state index contributed by atoms with van der Waals surface area (Å²) in [6, 6.07) is 4.38. The van der Waals surface area contributed by atoms with Crippen LogP contribution in [0.4, 0.5) is 0 Å². The number of rotatable bonds is 4. The molecule has 0 fully saturated rings. The average molecular weight is 256 g/mol. The van der Waals surface area contributed by atoms with Crippen LogP contribution >= 0.6 is 11.6 Å². The minimum Gasteiger partial charge on any atom is -0.486 e. The number of hydrogen-bond acceptors (Lipinski definition) is 3. The van der Waals surface area contributed by atoms with Gasteiger partial charge in [-0.15, -0.1) is 11.6 Å². The molecule has 0 spiro atoms.